The molecular weight excluding hydrogens is 198 g/mol. The van der Waals surface area contributed by atoms with Gasteiger partial charge in [-0.1, -0.05) is 13.0 Å². The maximum atomic E-state index is 4.51. The second-order valence-corrected chi connectivity index (χ2v) is 4.63. The summed E-state index contributed by atoms with van der Waals surface area (Å²) in [5.74, 6) is 0.666. The van der Waals surface area contributed by atoms with Crippen LogP contribution in [0.3, 0.4) is 0 Å². The molecule has 1 unspecified atom stereocenters. The summed E-state index contributed by atoms with van der Waals surface area (Å²) >= 11 is 0. The number of nitrogens with zero attached hydrogens (tertiary/aromatic N) is 2. The van der Waals surface area contributed by atoms with Crippen LogP contribution in [-0.2, 0) is 6.54 Å². The van der Waals surface area contributed by atoms with Crippen molar-refractivity contribution in [3.8, 4) is 0 Å². The highest BCUT2D eigenvalue weighted by atomic mass is 15.1. The van der Waals surface area contributed by atoms with E-state index in [1.165, 1.54) is 0 Å². The van der Waals surface area contributed by atoms with E-state index in [4.69, 9.17) is 0 Å². The van der Waals surface area contributed by atoms with E-state index >= 15 is 0 Å². The molecule has 0 fully saturated rings. The Bertz CT molecular complexity index is 312. The standard InChI is InChI=1S/C13H23N3/c1-11(8-14-3)9-16(4)10-13-7-5-6-12(2)15-13/h5-7,11,14H,8-10H2,1-4H3. The summed E-state index contributed by atoms with van der Waals surface area (Å²) in [6, 6.07) is 6.20. The summed E-state index contributed by atoms with van der Waals surface area (Å²) in [5, 5.41) is 3.20. The zero-order valence-corrected chi connectivity index (χ0v) is 10.8. The number of nitrogens with one attached hydrogen (secondary N) is 1. The van der Waals surface area contributed by atoms with Crippen LogP contribution in [-0.4, -0.2) is 37.1 Å². The van der Waals surface area contributed by atoms with Crippen molar-refractivity contribution < 1.29 is 0 Å². The lowest BCUT2D eigenvalue weighted by Gasteiger charge is -2.20. The lowest BCUT2D eigenvalue weighted by atomic mass is 10.1. The van der Waals surface area contributed by atoms with Gasteiger partial charge in [-0.15, -0.1) is 0 Å². The predicted octanol–water partition coefficient (Wildman–Crippen LogP) is 1.68. The van der Waals surface area contributed by atoms with Gasteiger partial charge in [-0.2, -0.15) is 0 Å². The van der Waals surface area contributed by atoms with Gasteiger partial charge in [0.05, 0.1) is 5.69 Å². The molecule has 3 heteroatoms. The molecule has 1 heterocycles. The molecule has 1 aromatic heterocycles. The van der Waals surface area contributed by atoms with Crippen molar-refractivity contribution >= 4 is 0 Å². The van der Waals surface area contributed by atoms with Gasteiger partial charge in [-0.3, -0.25) is 4.98 Å². The maximum absolute atomic E-state index is 4.51. The first-order valence-electron chi connectivity index (χ1n) is 5.87. The molecule has 1 rings (SSSR count). The molecule has 90 valence electrons. The quantitative estimate of drug-likeness (QED) is 0.792. The van der Waals surface area contributed by atoms with E-state index in [1.807, 2.05) is 20.0 Å². The molecule has 0 amide bonds. The minimum Gasteiger partial charge on any atom is -0.319 e. The molecule has 0 saturated heterocycles. The Morgan fingerprint density at radius 3 is 2.81 bits per heavy atom. The van der Waals surface area contributed by atoms with Crippen molar-refractivity contribution in [2.75, 3.05) is 27.2 Å². The third kappa shape index (κ3) is 4.73. The van der Waals surface area contributed by atoms with E-state index in [1.54, 1.807) is 0 Å². The summed E-state index contributed by atoms with van der Waals surface area (Å²) in [4.78, 5) is 6.83. The molecule has 0 saturated carbocycles. The van der Waals surface area contributed by atoms with Crippen LogP contribution in [0.4, 0.5) is 0 Å². The van der Waals surface area contributed by atoms with E-state index < -0.39 is 0 Å². The first kappa shape index (κ1) is 13.1. The molecule has 16 heavy (non-hydrogen) atoms. The van der Waals surface area contributed by atoms with Crippen LogP contribution in [0.1, 0.15) is 18.3 Å². The Hall–Kier alpha value is -0.930. The Kier molecular flexibility index (Phi) is 5.43. The molecule has 1 aromatic rings. The smallest absolute Gasteiger partial charge is 0.0547 e. The molecule has 1 atom stereocenters. The van der Waals surface area contributed by atoms with Gasteiger partial charge in [0.25, 0.3) is 0 Å². The summed E-state index contributed by atoms with van der Waals surface area (Å²) in [7, 11) is 4.15. The molecule has 0 aromatic carbocycles. The number of rotatable bonds is 6. The van der Waals surface area contributed by atoms with Crippen molar-refractivity contribution in [2.45, 2.75) is 20.4 Å². The minimum atomic E-state index is 0.666. The second kappa shape index (κ2) is 6.61. The van der Waals surface area contributed by atoms with E-state index in [0.29, 0.717) is 5.92 Å². The molecule has 0 radical (unpaired) electrons. The SMILES string of the molecule is CNCC(C)CN(C)Cc1cccc(C)n1. The largest absolute Gasteiger partial charge is 0.319 e. The van der Waals surface area contributed by atoms with E-state index in [0.717, 1.165) is 31.0 Å². The third-order valence-corrected chi connectivity index (χ3v) is 2.55. The van der Waals surface area contributed by atoms with Gasteiger partial charge < -0.3 is 10.2 Å². The van der Waals surface area contributed by atoms with Crippen LogP contribution >= 0.6 is 0 Å². The third-order valence-electron chi connectivity index (χ3n) is 2.55. The minimum absolute atomic E-state index is 0.666. The summed E-state index contributed by atoms with van der Waals surface area (Å²) in [6.45, 7) is 7.38. The van der Waals surface area contributed by atoms with Crippen molar-refractivity contribution in [1.82, 2.24) is 15.2 Å². The molecule has 1 N–H and O–H groups in total. The Balaban J connectivity index is 2.42. The Morgan fingerprint density at radius 1 is 1.44 bits per heavy atom. The zero-order chi connectivity index (χ0) is 12.0. The zero-order valence-electron chi connectivity index (χ0n) is 10.8. The van der Waals surface area contributed by atoms with Gasteiger partial charge in [0.15, 0.2) is 0 Å². The number of pyridine rings is 1. The fraction of sp³-hybridized carbons (Fsp3) is 0.615. The topological polar surface area (TPSA) is 28.2 Å². The monoisotopic (exact) mass is 221 g/mol. The number of aryl methyl sites for hydroxylation is 1. The van der Waals surface area contributed by atoms with Crippen molar-refractivity contribution in [2.24, 2.45) is 5.92 Å². The van der Waals surface area contributed by atoms with Crippen LogP contribution in [0.15, 0.2) is 18.2 Å². The van der Waals surface area contributed by atoms with Crippen molar-refractivity contribution in [3.05, 3.63) is 29.6 Å². The Morgan fingerprint density at radius 2 is 2.19 bits per heavy atom. The van der Waals surface area contributed by atoms with Gasteiger partial charge in [0, 0.05) is 18.8 Å². The van der Waals surface area contributed by atoms with Gasteiger partial charge in [-0.25, -0.2) is 0 Å². The summed E-state index contributed by atoms with van der Waals surface area (Å²) in [5.41, 5.74) is 2.24. The normalized spacial score (nSPS) is 13.1. The highest BCUT2D eigenvalue weighted by Crippen LogP contribution is 2.04. The summed E-state index contributed by atoms with van der Waals surface area (Å²) < 4.78 is 0. The number of aromatic nitrogens is 1. The van der Waals surface area contributed by atoms with Crippen molar-refractivity contribution in [3.63, 3.8) is 0 Å². The van der Waals surface area contributed by atoms with E-state index in [9.17, 15) is 0 Å². The van der Waals surface area contributed by atoms with Gasteiger partial charge >= 0.3 is 0 Å². The predicted molar refractivity (Wildman–Crippen MR) is 68.4 cm³/mol. The maximum Gasteiger partial charge on any atom is 0.0547 e. The van der Waals surface area contributed by atoms with Crippen LogP contribution in [0.2, 0.25) is 0 Å². The van der Waals surface area contributed by atoms with Gasteiger partial charge in [-0.05, 0) is 45.6 Å². The van der Waals surface area contributed by atoms with Gasteiger partial charge in [0.2, 0.25) is 0 Å². The van der Waals surface area contributed by atoms with Crippen LogP contribution < -0.4 is 5.32 Å². The molecule has 3 nitrogen and oxygen atoms in total. The van der Waals surface area contributed by atoms with Gasteiger partial charge in [0.1, 0.15) is 0 Å². The lowest BCUT2D eigenvalue weighted by Crippen LogP contribution is -2.29. The summed E-state index contributed by atoms with van der Waals surface area (Å²) in [6.07, 6.45) is 0. The molecule has 0 aliphatic rings. The fourth-order valence-corrected chi connectivity index (χ4v) is 1.97. The van der Waals surface area contributed by atoms with Crippen molar-refractivity contribution in [1.29, 1.82) is 0 Å². The lowest BCUT2D eigenvalue weighted by molar-refractivity contribution is 0.273. The average Bonchev–Trinajstić information content (AvgIpc) is 2.17. The van der Waals surface area contributed by atoms with E-state index in [-0.39, 0.29) is 0 Å². The first-order valence-corrected chi connectivity index (χ1v) is 5.87. The number of hydrogen-bond acceptors (Lipinski definition) is 3. The molecule has 0 spiro atoms. The molecular formula is C13H23N3. The average molecular weight is 221 g/mol. The Labute approximate surface area is 98.9 Å². The number of hydrogen-bond donors (Lipinski definition) is 1. The second-order valence-electron chi connectivity index (χ2n) is 4.63. The fourth-order valence-electron chi connectivity index (χ4n) is 1.97. The van der Waals surface area contributed by atoms with Crippen LogP contribution in [0.25, 0.3) is 0 Å². The molecule has 0 aliphatic heterocycles. The van der Waals surface area contributed by atoms with Crippen LogP contribution in [0, 0.1) is 12.8 Å². The highest BCUT2D eigenvalue weighted by molar-refractivity contribution is 5.09. The van der Waals surface area contributed by atoms with Crippen LogP contribution in [0.5, 0.6) is 0 Å². The first-order chi connectivity index (χ1) is 7.61. The highest BCUT2D eigenvalue weighted by Gasteiger charge is 2.06. The van der Waals surface area contributed by atoms with E-state index in [2.05, 4.69) is 41.3 Å². The molecule has 0 bridgehead atoms. The molecule has 0 aliphatic carbocycles.